The number of imidazole rings is 1. The van der Waals surface area contributed by atoms with Crippen molar-refractivity contribution in [3.8, 4) is 0 Å². The maximum Gasteiger partial charge on any atom is 0.156 e. The molecule has 1 N–H and O–H groups in total. The minimum absolute atomic E-state index is 0.293. The van der Waals surface area contributed by atoms with E-state index in [0.29, 0.717) is 48.6 Å². The van der Waals surface area contributed by atoms with E-state index in [9.17, 15) is 5.11 Å². The first-order valence-electron chi connectivity index (χ1n) is 10.8. The number of anilines is 2. The summed E-state index contributed by atoms with van der Waals surface area (Å²) >= 11 is 19.7. The Morgan fingerprint density at radius 3 is 2.26 bits per heavy atom. The lowest BCUT2D eigenvalue weighted by Gasteiger charge is -2.30. The second kappa shape index (κ2) is 9.17. The molecular formula is C27H21Cl3N4O. The van der Waals surface area contributed by atoms with Crippen molar-refractivity contribution in [2.45, 2.75) is 5.60 Å². The topological polar surface area (TPSA) is 54.2 Å². The quantitative estimate of drug-likeness (QED) is 0.253. The maximum atomic E-state index is 12.2. The van der Waals surface area contributed by atoms with E-state index >= 15 is 0 Å². The van der Waals surface area contributed by atoms with Crippen molar-refractivity contribution in [2.75, 3.05) is 11.9 Å². The van der Waals surface area contributed by atoms with E-state index in [4.69, 9.17) is 34.8 Å². The third kappa shape index (κ3) is 4.05. The molecule has 0 aliphatic rings. The van der Waals surface area contributed by atoms with Gasteiger partial charge in [0, 0.05) is 30.2 Å². The molecule has 8 heteroatoms. The first kappa shape index (κ1) is 23.6. The first-order valence-corrected chi connectivity index (χ1v) is 12.0. The van der Waals surface area contributed by atoms with Gasteiger partial charge in [-0.2, -0.15) is 0 Å². The zero-order chi connectivity index (χ0) is 24.7. The number of aryl methyl sites for hydroxylation is 1. The van der Waals surface area contributed by atoms with E-state index in [1.54, 1.807) is 41.4 Å². The number of rotatable bonds is 5. The molecule has 5 aromatic rings. The fraction of sp³-hybridized carbons (Fsp3) is 0.111. The molecule has 35 heavy (non-hydrogen) atoms. The summed E-state index contributed by atoms with van der Waals surface area (Å²) in [6.45, 7) is 0. The van der Waals surface area contributed by atoms with Crippen LogP contribution in [0.5, 0.6) is 0 Å². The molecule has 0 amide bonds. The second-order valence-corrected chi connectivity index (χ2v) is 9.47. The molecule has 5 rings (SSSR count). The van der Waals surface area contributed by atoms with Crippen LogP contribution in [0.4, 0.5) is 11.4 Å². The highest BCUT2D eigenvalue weighted by molar-refractivity contribution is 6.42. The molecule has 2 aromatic heterocycles. The molecule has 1 atom stereocenters. The van der Waals surface area contributed by atoms with Crippen LogP contribution in [-0.2, 0) is 12.6 Å². The van der Waals surface area contributed by atoms with Gasteiger partial charge in [-0.05, 0) is 47.5 Å². The van der Waals surface area contributed by atoms with Crippen LogP contribution >= 0.6 is 34.8 Å². The van der Waals surface area contributed by atoms with Gasteiger partial charge in [-0.1, -0.05) is 71.2 Å². The van der Waals surface area contributed by atoms with Crippen molar-refractivity contribution in [3.05, 3.63) is 117 Å². The number of fused-ring (bicyclic) bond motifs is 1. The summed E-state index contributed by atoms with van der Waals surface area (Å²) in [6.07, 6.45) is 3.30. The Labute approximate surface area is 218 Å². The van der Waals surface area contributed by atoms with Crippen LogP contribution in [0.2, 0.25) is 15.2 Å². The lowest BCUT2D eigenvalue weighted by Crippen LogP contribution is -2.31. The summed E-state index contributed by atoms with van der Waals surface area (Å²) in [6, 6.07) is 22.4. The minimum atomic E-state index is -1.52. The molecule has 0 bridgehead atoms. The summed E-state index contributed by atoms with van der Waals surface area (Å²) in [5, 5.41) is 14.2. The molecule has 2 heterocycles. The highest BCUT2D eigenvalue weighted by Crippen LogP contribution is 2.43. The van der Waals surface area contributed by atoms with Gasteiger partial charge in [0.2, 0.25) is 0 Å². The van der Waals surface area contributed by atoms with Gasteiger partial charge in [0.15, 0.2) is 10.8 Å². The molecular weight excluding hydrogens is 503 g/mol. The first-order chi connectivity index (χ1) is 16.8. The lowest BCUT2D eigenvalue weighted by atomic mass is 9.83. The lowest BCUT2D eigenvalue weighted by molar-refractivity contribution is 0.117. The highest BCUT2D eigenvalue weighted by atomic mass is 35.5. The fourth-order valence-corrected chi connectivity index (χ4v) is 5.19. The standard InChI is InChI=1S/C27H21Cl3N4O/c1-33-16-31-15-23(33)27(35,17-8-11-19(28)12-9-17)18-10-13-22-21(14-18)24(29)25(26(30)32-22)34(2)20-6-4-3-5-7-20/h3-16,35H,1-2H3. The van der Waals surface area contributed by atoms with Crippen LogP contribution in [0, 0.1) is 0 Å². The van der Waals surface area contributed by atoms with Crippen molar-refractivity contribution < 1.29 is 5.11 Å². The second-order valence-electron chi connectivity index (χ2n) is 8.30. The monoisotopic (exact) mass is 522 g/mol. The van der Waals surface area contributed by atoms with Crippen molar-refractivity contribution in [1.29, 1.82) is 0 Å². The zero-order valence-corrected chi connectivity index (χ0v) is 21.2. The number of pyridine rings is 1. The van der Waals surface area contributed by atoms with Crippen molar-refractivity contribution in [3.63, 3.8) is 0 Å². The molecule has 0 spiro atoms. The van der Waals surface area contributed by atoms with Crippen molar-refractivity contribution >= 4 is 57.1 Å². The van der Waals surface area contributed by atoms with Gasteiger partial charge in [-0.3, -0.25) is 0 Å². The van der Waals surface area contributed by atoms with Gasteiger partial charge in [0.25, 0.3) is 0 Å². The van der Waals surface area contributed by atoms with Gasteiger partial charge >= 0.3 is 0 Å². The van der Waals surface area contributed by atoms with Crippen LogP contribution < -0.4 is 4.90 Å². The number of para-hydroxylation sites is 1. The third-order valence-corrected chi connectivity index (χ3v) is 7.10. The van der Waals surface area contributed by atoms with Gasteiger partial charge in [-0.25, -0.2) is 9.97 Å². The van der Waals surface area contributed by atoms with E-state index < -0.39 is 5.60 Å². The van der Waals surface area contributed by atoms with E-state index in [1.165, 1.54) is 0 Å². The number of halogens is 3. The Morgan fingerprint density at radius 1 is 0.914 bits per heavy atom. The van der Waals surface area contributed by atoms with Gasteiger partial charge < -0.3 is 14.6 Å². The number of hydrogen-bond donors (Lipinski definition) is 1. The Bertz CT molecular complexity index is 1520. The zero-order valence-electron chi connectivity index (χ0n) is 19.0. The van der Waals surface area contributed by atoms with E-state index in [0.717, 1.165) is 5.69 Å². The fourth-order valence-electron chi connectivity index (χ4n) is 4.34. The Hall–Kier alpha value is -3.09. The molecule has 3 aromatic carbocycles. The molecule has 5 nitrogen and oxygen atoms in total. The molecule has 0 saturated heterocycles. The number of nitrogens with zero attached hydrogens (tertiary/aromatic N) is 4. The number of hydrogen-bond acceptors (Lipinski definition) is 4. The predicted molar refractivity (Wildman–Crippen MR) is 143 cm³/mol. The van der Waals surface area contributed by atoms with E-state index in [1.807, 2.05) is 67.5 Å². The molecule has 176 valence electrons. The largest absolute Gasteiger partial charge is 0.374 e. The Morgan fingerprint density at radius 2 is 1.60 bits per heavy atom. The van der Waals surface area contributed by atoms with Crippen LogP contribution in [0.15, 0.2) is 85.3 Å². The third-order valence-electron chi connectivity index (χ3n) is 6.20. The van der Waals surface area contributed by atoms with Crippen LogP contribution in [0.25, 0.3) is 10.9 Å². The average Bonchev–Trinajstić information content (AvgIpc) is 3.30. The Kier molecular flexibility index (Phi) is 6.20. The summed E-state index contributed by atoms with van der Waals surface area (Å²) < 4.78 is 1.79. The summed E-state index contributed by atoms with van der Waals surface area (Å²) in [7, 11) is 3.73. The van der Waals surface area contributed by atoms with E-state index in [2.05, 4.69) is 9.97 Å². The molecule has 0 aliphatic carbocycles. The summed E-state index contributed by atoms with van der Waals surface area (Å²) in [5.41, 5.74) is 2.45. The average molecular weight is 524 g/mol. The SMILES string of the molecule is CN(c1ccccc1)c1c(Cl)nc2ccc(C(O)(c3ccc(Cl)cc3)c3cncn3C)cc2c1Cl. The van der Waals surface area contributed by atoms with Crippen molar-refractivity contribution in [2.24, 2.45) is 7.05 Å². The highest BCUT2D eigenvalue weighted by Gasteiger charge is 2.37. The smallest absolute Gasteiger partial charge is 0.156 e. The van der Waals surface area contributed by atoms with Gasteiger partial charge in [-0.15, -0.1) is 0 Å². The Balaban J connectivity index is 1.74. The van der Waals surface area contributed by atoms with Gasteiger partial charge in [0.05, 0.1) is 34.4 Å². The van der Waals surface area contributed by atoms with E-state index in [-0.39, 0.29) is 0 Å². The van der Waals surface area contributed by atoms with Gasteiger partial charge in [0.1, 0.15) is 0 Å². The summed E-state index contributed by atoms with van der Waals surface area (Å²) in [5.74, 6) is 0. The summed E-state index contributed by atoms with van der Waals surface area (Å²) in [4.78, 5) is 10.7. The maximum absolute atomic E-state index is 12.2. The molecule has 0 aliphatic heterocycles. The molecule has 0 saturated carbocycles. The number of benzene rings is 3. The van der Waals surface area contributed by atoms with Crippen LogP contribution in [0.3, 0.4) is 0 Å². The normalized spacial score (nSPS) is 13.1. The number of aromatic nitrogens is 3. The minimum Gasteiger partial charge on any atom is -0.374 e. The van der Waals surface area contributed by atoms with Crippen LogP contribution in [-0.4, -0.2) is 26.7 Å². The number of aliphatic hydroxyl groups is 1. The van der Waals surface area contributed by atoms with Crippen LogP contribution in [0.1, 0.15) is 16.8 Å². The predicted octanol–water partition coefficient (Wildman–Crippen LogP) is 6.98. The molecule has 1 unspecified atom stereocenters. The molecule has 0 fully saturated rings. The van der Waals surface area contributed by atoms with Crippen molar-refractivity contribution in [1.82, 2.24) is 14.5 Å². The molecule has 0 radical (unpaired) electrons.